The lowest BCUT2D eigenvalue weighted by molar-refractivity contribution is -0.146. The molecular weight excluding hydrogens is 156 g/mol. The number of hydrogen-bond donors (Lipinski definition) is 1. The number of aliphatic carboxylic acids is 1. The van der Waals surface area contributed by atoms with Gasteiger partial charge < -0.3 is 14.9 Å². The summed E-state index contributed by atoms with van der Waals surface area (Å²) in [5, 5.41) is 8.88. The second-order valence-corrected chi connectivity index (χ2v) is 3.22. The van der Waals surface area contributed by atoms with E-state index in [4.69, 9.17) is 5.11 Å². The summed E-state index contributed by atoms with van der Waals surface area (Å²) in [6, 6.07) is 0.215. The highest BCUT2D eigenvalue weighted by molar-refractivity contribution is 5.73. The summed E-state index contributed by atoms with van der Waals surface area (Å²) in [5.41, 5.74) is 0. The highest BCUT2D eigenvalue weighted by atomic mass is 16.4. The molecule has 1 unspecified atom stereocenters. The molecule has 0 aromatic rings. The van der Waals surface area contributed by atoms with Crippen molar-refractivity contribution in [2.45, 2.75) is 26.1 Å². The normalized spacial score (nSPS) is 22.5. The summed E-state index contributed by atoms with van der Waals surface area (Å²) in [6.45, 7) is 3.94. The lowest BCUT2D eigenvalue weighted by atomic mass is 10.3. The van der Waals surface area contributed by atoms with Crippen molar-refractivity contribution in [1.29, 1.82) is 0 Å². The highest BCUT2D eigenvalue weighted by Crippen LogP contribution is 2.16. The van der Waals surface area contributed by atoms with Gasteiger partial charge >= 0.3 is 5.97 Å². The molecule has 1 aliphatic heterocycles. The van der Waals surface area contributed by atoms with Crippen LogP contribution in [0.1, 0.15) is 13.8 Å². The van der Waals surface area contributed by atoms with E-state index in [0.717, 1.165) is 0 Å². The molecule has 4 heteroatoms. The molecular formula is C8H14N2O2. The zero-order chi connectivity index (χ0) is 9.30. The number of likely N-dealkylation sites (N-methyl/N-ethyl adjacent to an activating group) is 1. The van der Waals surface area contributed by atoms with Crippen molar-refractivity contribution in [2.24, 2.45) is 0 Å². The molecule has 0 fully saturated rings. The third kappa shape index (κ3) is 1.37. The van der Waals surface area contributed by atoms with E-state index < -0.39 is 12.1 Å². The Morgan fingerprint density at radius 3 is 2.42 bits per heavy atom. The molecule has 0 aliphatic carbocycles. The summed E-state index contributed by atoms with van der Waals surface area (Å²) >= 11 is 0. The lowest BCUT2D eigenvalue weighted by Gasteiger charge is -2.29. The Morgan fingerprint density at radius 1 is 1.50 bits per heavy atom. The van der Waals surface area contributed by atoms with Crippen LogP contribution in [0.25, 0.3) is 0 Å². The predicted octanol–water partition coefficient (Wildman–Crippen LogP) is 0.524. The number of carboxylic acid groups (broad SMARTS) is 1. The van der Waals surface area contributed by atoms with Gasteiger partial charge in [0.1, 0.15) is 0 Å². The lowest BCUT2D eigenvalue weighted by Crippen LogP contribution is -2.45. The molecule has 4 nitrogen and oxygen atoms in total. The van der Waals surface area contributed by atoms with E-state index in [2.05, 4.69) is 0 Å². The van der Waals surface area contributed by atoms with Gasteiger partial charge in [0.05, 0.1) is 0 Å². The molecule has 0 bridgehead atoms. The van der Waals surface area contributed by atoms with Crippen molar-refractivity contribution in [3.63, 3.8) is 0 Å². The van der Waals surface area contributed by atoms with Crippen LogP contribution in [0.15, 0.2) is 12.4 Å². The quantitative estimate of drug-likeness (QED) is 0.656. The molecule has 1 heterocycles. The summed E-state index contributed by atoms with van der Waals surface area (Å²) in [4.78, 5) is 14.3. The second kappa shape index (κ2) is 3.05. The van der Waals surface area contributed by atoms with Crippen LogP contribution >= 0.6 is 0 Å². The van der Waals surface area contributed by atoms with E-state index in [1.54, 1.807) is 18.1 Å². The third-order valence-corrected chi connectivity index (χ3v) is 1.96. The Labute approximate surface area is 72.1 Å². The minimum absolute atomic E-state index is 0.215. The molecule has 0 spiro atoms. The Morgan fingerprint density at radius 2 is 2.08 bits per heavy atom. The Bertz CT molecular complexity index is 213. The first-order valence-corrected chi connectivity index (χ1v) is 3.94. The van der Waals surface area contributed by atoms with Crippen molar-refractivity contribution in [2.75, 3.05) is 7.05 Å². The molecule has 0 saturated heterocycles. The van der Waals surface area contributed by atoms with E-state index in [1.807, 2.05) is 24.9 Å². The maximum absolute atomic E-state index is 10.8. The predicted molar refractivity (Wildman–Crippen MR) is 45.3 cm³/mol. The van der Waals surface area contributed by atoms with Crippen molar-refractivity contribution in [3.05, 3.63) is 12.4 Å². The average molecular weight is 170 g/mol. The van der Waals surface area contributed by atoms with Gasteiger partial charge in [-0.25, -0.2) is 4.79 Å². The van der Waals surface area contributed by atoms with Crippen molar-refractivity contribution < 1.29 is 9.90 Å². The molecule has 1 aliphatic rings. The Hall–Kier alpha value is -1.19. The first kappa shape index (κ1) is 8.90. The van der Waals surface area contributed by atoms with Crippen molar-refractivity contribution >= 4 is 5.97 Å². The number of carbonyl (C=O) groups is 1. The van der Waals surface area contributed by atoms with E-state index in [-0.39, 0.29) is 6.04 Å². The van der Waals surface area contributed by atoms with Crippen molar-refractivity contribution in [3.8, 4) is 0 Å². The topological polar surface area (TPSA) is 43.8 Å². The summed E-state index contributed by atoms with van der Waals surface area (Å²) in [7, 11) is 1.76. The van der Waals surface area contributed by atoms with Crippen LogP contribution in [0, 0.1) is 0 Å². The fraction of sp³-hybridized carbons (Fsp3) is 0.625. The largest absolute Gasteiger partial charge is 0.478 e. The summed E-state index contributed by atoms with van der Waals surface area (Å²) in [5.74, 6) is -0.809. The van der Waals surface area contributed by atoms with Crippen LogP contribution in [-0.4, -0.2) is 40.1 Å². The number of hydrogen-bond acceptors (Lipinski definition) is 3. The number of carboxylic acids is 1. The zero-order valence-electron chi connectivity index (χ0n) is 7.56. The van der Waals surface area contributed by atoms with Gasteiger partial charge in [-0.3, -0.25) is 0 Å². The van der Waals surface area contributed by atoms with E-state index in [9.17, 15) is 4.79 Å². The molecule has 0 aromatic carbocycles. The van der Waals surface area contributed by atoms with Gasteiger partial charge in [-0.05, 0) is 13.8 Å². The van der Waals surface area contributed by atoms with Crippen LogP contribution in [-0.2, 0) is 4.79 Å². The minimum atomic E-state index is -0.809. The standard InChI is InChI=1S/C8H14N2O2/c1-6(2)10-5-4-9(3)7(10)8(11)12/h4-7H,1-3H3,(H,11,12). The molecule has 0 radical (unpaired) electrons. The van der Waals surface area contributed by atoms with Crippen molar-refractivity contribution in [1.82, 2.24) is 9.80 Å². The average Bonchev–Trinajstić information content (AvgIpc) is 2.30. The Balaban J connectivity index is 2.76. The first-order chi connectivity index (χ1) is 5.54. The highest BCUT2D eigenvalue weighted by Gasteiger charge is 2.31. The third-order valence-electron chi connectivity index (χ3n) is 1.96. The smallest absolute Gasteiger partial charge is 0.347 e. The van der Waals surface area contributed by atoms with Gasteiger partial charge in [0, 0.05) is 25.5 Å². The molecule has 1 atom stereocenters. The maximum atomic E-state index is 10.8. The number of nitrogens with zero attached hydrogens (tertiary/aromatic N) is 2. The van der Waals surface area contributed by atoms with Gasteiger partial charge in [-0.1, -0.05) is 0 Å². The molecule has 1 N–H and O–H groups in total. The Kier molecular flexibility index (Phi) is 2.26. The van der Waals surface area contributed by atoms with Crippen LogP contribution in [0.5, 0.6) is 0 Å². The maximum Gasteiger partial charge on any atom is 0.347 e. The SMILES string of the molecule is CC(C)N1C=CN(C)C1C(=O)O. The summed E-state index contributed by atoms with van der Waals surface area (Å²) in [6.07, 6.45) is 3.05. The van der Waals surface area contributed by atoms with Gasteiger partial charge in [-0.2, -0.15) is 0 Å². The molecule has 0 aromatic heterocycles. The fourth-order valence-corrected chi connectivity index (χ4v) is 1.31. The van der Waals surface area contributed by atoms with Gasteiger partial charge in [0.15, 0.2) is 0 Å². The zero-order valence-corrected chi connectivity index (χ0v) is 7.56. The van der Waals surface area contributed by atoms with E-state index in [1.165, 1.54) is 0 Å². The first-order valence-electron chi connectivity index (χ1n) is 3.94. The molecule has 1 rings (SSSR count). The molecule has 68 valence electrons. The van der Waals surface area contributed by atoms with Crippen LogP contribution in [0.2, 0.25) is 0 Å². The van der Waals surface area contributed by atoms with E-state index >= 15 is 0 Å². The molecule has 0 amide bonds. The molecule has 0 saturated carbocycles. The monoisotopic (exact) mass is 170 g/mol. The van der Waals surface area contributed by atoms with Gasteiger partial charge in [0.2, 0.25) is 6.17 Å². The van der Waals surface area contributed by atoms with Gasteiger partial charge in [-0.15, -0.1) is 0 Å². The summed E-state index contributed by atoms with van der Waals surface area (Å²) < 4.78 is 0. The van der Waals surface area contributed by atoms with Crippen LogP contribution in [0.4, 0.5) is 0 Å². The molecule has 12 heavy (non-hydrogen) atoms. The van der Waals surface area contributed by atoms with Crippen LogP contribution < -0.4 is 0 Å². The fourth-order valence-electron chi connectivity index (χ4n) is 1.31. The number of rotatable bonds is 2. The van der Waals surface area contributed by atoms with Crippen LogP contribution in [0.3, 0.4) is 0 Å². The second-order valence-electron chi connectivity index (χ2n) is 3.22. The van der Waals surface area contributed by atoms with E-state index in [0.29, 0.717) is 0 Å². The van der Waals surface area contributed by atoms with Gasteiger partial charge in [0.25, 0.3) is 0 Å². The minimum Gasteiger partial charge on any atom is -0.478 e.